The minimum atomic E-state index is -0.162. The molecule has 1 aliphatic heterocycles. The van der Waals surface area contributed by atoms with Gasteiger partial charge in [0.25, 0.3) is 6.47 Å². The molecule has 6 aromatic carbocycles. The van der Waals surface area contributed by atoms with Gasteiger partial charge in [-0.15, -0.1) is 0 Å². The lowest BCUT2D eigenvalue weighted by molar-refractivity contribution is -0.120. The zero-order valence-electron chi connectivity index (χ0n) is 28.8. The minimum Gasteiger partial charge on any atom is -0.489 e. The highest BCUT2D eigenvalue weighted by Gasteiger charge is 2.35. The van der Waals surface area contributed by atoms with Crippen molar-refractivity contribution >= 4 is 18.1 Å². The first-order valence-electron chi connectivity index (χ1n) is 16.8. The van der Waals surface area contributed by atoms with Crippen molar-refractivity contribution < 1.29 is 42.7 Å². The van der Waals surface area contributed by atoms with Crippen molar-refractivity contribution in [2.24, 2.45) is 0 Å². The molecule has 9 nitrogen and oxygen atoms in total. The monoisotopic (exact) mass is 730 g/mol. The van der Waals surface area contributed by atoms with Crippen LogP contribution in [0, 0.1) is 0 Å². The molecule has 10 heteroatoms. The molecule has 0 N–H and O–H groups in total. The highest BCUT2D eigenvalue weighted by molar-refractivity contribution is 6.34. The highest BCUT2D eigenvalue weighted by atomic mass is 35.5. The minimum absolute atomic E-state index is 0.0505. The molecule has 0 saturated carbocycles. The number of halogens is 1. The van der Waals surface area contributed by atoms with Crippen LogP contribution in [0.2, 0.25) is 5.02 Å². The number of carbonyl (C=O) groups excluding carboxylic acids is 1. The zero-order valence-corrected chi connectivity index (χ0v) is 29.5. The molecule has 7 rings (SSSR count). The van der Waals surface area contributed by atoms with E-state index in [1.54, 1.807) is 12.1 Å². The molecule has 0 unspecified atom stereocenters. The number of carbonyl (C=O) groups is 1. The fraction of sp³-hybridized carbons (Fsp3) is 0.140. The Hall–Kier alpha value is -6.16. The Morgan fingerprint density at radius 1 is 0.623 bits per heavy atom. The summed E-state index contributed by atoms with van der Waals surface area (Å²) < 4.78 is 48.0. The summed E-state index contributed by atoms with van der Waals surface area (Å²) in [6, 6.07) is 40.3. The Labute approximate surface area is 312 Å². The van der Waals surface area contributed by atoms with Gasteiger partial charge in [-0.25, -0.2) is 0 Å². The van der Waals surface area contributed by atoms with E-state index in [2.05, 4.69) is 0 Å². The van der Waals surface area contributed by atoms with Gasteiger partial charge < -0.3 is 37.9 Å². The van der Waals surface area contributed by atoms with Crippen LogP contribution in [0.1, 0.15) is 16.7 Å². The number of hydrogen-bond acceptors (Lipinski definition) is 9. The van der Waals surface area contributed by atoms with Crippen molar-refractivity contribution in [3.8, 4) is 62.5 Å². The lowest BCUT2D eigenvalue weighted by Gasteiger charge is -2.22. The predicted molar refractivity (Wildman–Crippen MR) is 200 cm³/mol. The van der Waals surface area contributed by atoms with Gasteiger partial charge in [-0.2, -0.15) is 0 Å². The van der Waals surface area contributed by atoms with E-state index in [1.165, 1.54) is 7.11 Å². The molecule has 1 aliphatic rings. The average Bonchev–Trinajstić information content (AvgIpc) is 3.69. The lowest BCUT2D eigenvalue weighted by atomic mass is 9.95. The van der Waals surface area contributed by atoms with E-state index in [4.69, 9.17) is 49.5 Å². The number of fused-ring (bicyclic) bond motifs is 1. The molecule has 0 atom stereocenters. The normalized spacial score (nSPS) is 11.5. The largest absolute Gasteiger partial charge is 0.489 e. The summed E-state index contributed by atoms with van der Waals surface area (Å²) in [7, 11) is 1.49. The van der Waals surface area contributed by atoms with Crippen LogP contribution in [-0.4, -0.2) is 27.2 Å². The highest BCUT2D eigenvalue weighted by Crippen LogP contribution is 2.60. The molecule has 268 valence electrons. The van der Waals surface area contributed by atoms with Gasteiger partial charge in [-0.05, 0) is 40.5 Å². The summed E-state index contributed by atoms with van der Waals surface area (Å²) in [6.07, 6.45) is 0. The van der Waals surface area contributed by atoms with Crippen LogP contribution < -0.4 is 33.2 Å². The van der Waals surface area contributed by atoms with Crippen LogP contribution >= 0.6 is 11.6 Å². The summed E-state index contributed by atoms with van der Waals surface area (Å²) in [4.78, 5) is 12.2. The van der Waals surface area contributed by atoms with E-state index >= 15 is 0 Å². The van der Waals surface area contributed by atoms with Gasteiger partial charge in [-0.1, -0.05) is 115 Å². The molecular weight excluding hydrogens is 696 g/mol. The van der Waals surface area contributed by atoms with E-state index < -0.39 is 0 Å². The van der Waals surface area contributed by atoms with Crippen LogP contribution in [0.4, 0.5) is 0 Å². The summed E-state index contributed by atoms with van der Waals surface area (Å²) in [5.74, 6) is 2.40. The number of hydrogen-bond donors (Lipinski definition) is 0. The maximum Gasteiger partial charge on any atom is 0.298 e. The second-order valence-electron chi connectivity index (χ2n) is 11.9. The quantitative estimate of drug-likeness (QED) is 0.0713. The number of ether oxygens (including phenoxy) is 8. The van der Waals surface area contributed by atoms with Crippen LogP contribution in [0.25, 0.3) is 22.3 Å². The van der Waals surface area contributed by atoms with E-state index in [1.807, 2.05) is 115 Å². The van der Waals surface area contributed by atoms with E-state index in [-0.39, 0.29) is 43.3 Å². The summed E-state index contributed by atoms with van der Waals surface area (Å²) in [6.45, 7) is 1.01. The molecule has 0 amide bonds. The second kappa shape index (κ2) is 16.9. The molecule has 0 bridgehead atoms. The number of rotatable bonds is 16. The Balaban J connectivity index is 1.32. The van der Waals surface area contributed by atoms with E-state index in [0.717, 1.165) is 16.7 Å². The van der Waals surface area contributed by atoms with Crippen molar-refractivity contribution in [1.82, 2.24) is 0 Å². The lowest BCUT2D eigenvalue weighted by Crippen LogP contribution is -2.06. The maximum absolute atomic E-state index is 12.2. The summed E-state index contributed by atoms with van der Waals surface area (Å²) in [5, 5.41) is 0.277. The summed E-state index contributed by atoms with van der Waals surface area (Å²) in [5.41, 5.74) is 4.91. The van der Waals surface area contributed by atoms with Crippen molar-refractivity contribution in [3.05, 3.63) is 149 Å². The van der Waals surface area contributed by atoms with Gasteiger partial charge in [0.1, 0.15) is 25.6 Å². The number of methoxy groups -OCH3 is 1. The first-order valence-corrected chi connectivity index (χ1v) is 17.2. The van der Waals surface area contributed by atoms with Crippen LogP contribution in [0.15, 0.2) is 127 Å². The molecule has 0 spiro atoms. The van der Waals surface area contributed by atoms with Gasteiger partial charge in [0.15, 0.2) is 41.3 Å². The second-order valence-corrected chi connectivity index (χ2v) is 12.3. The molecule has 0 saturated heterocycles. The van der Waals surface area contributed by atoms with Gasteiger partial charge in [0.2, 0.25) is 6.79 Å². The molecule has 1 heterocycles. The third-order valence-electron chi connectivity index (χ3n) is 8.38. The topological polar surface area (TPSA) is 90.9 Å². The molecule has 0 radical (unpaired) electrons. The average molecular weight is 731 g/mol. The zero-order chi connectivity index (χ0) is 36.4. The smallest absolute Gasteiger partial charge is 0.298 e. The molecule has 0 fully saturated rings. The molecule has 0 aliphatic carbocycles. The molecule has 53 heavy (non-hydrogen) atoms. The fourth-order valence-corrected chi connectivity index (χ4v) is 6.14. The fourth-order valence-electron chi connectivity index (χ4n) is 5.89. The third kappa shape index (κ3) is 8.17. The first-order chi connectivity index (χ1) is 26.1. The Kier molecular flexibility index (Phi) is 11.2. The van der Waals surface area contributed by atoms with Crippen molar-refractivity contribution in [1.29, 1.82) is 0 Å². The van der Waals surface area contributed by atoms with Gasteiger partial charge in [0, 0.05) is 18.7 Å². The SMILES string of the molecule is COCOc1c(OC=O)c(-c2cc(OCc3ccccc3)c(OCc3ccccc3)cc2Cl)c2c(c1-c1ccc(OCc3ccccc3)cc1)OCO2. The molecular formula is C43H35ClO9. The van der Waals surface area contributed by atoms with Gasteiger partial charge in [0.05, 0.1) is 16.1 Å². The number of benzene rings is 6. The van der Waals surface area contributed by atoms with Gasteiger partial charge >= 0.3 is 0 Å². The summed E-state index contributed by atoms with van der Waals surface area (Å²) >= 11 is 7.06. The van der Waals surface area contributed by atoms with Crippen LogP contribution in [0.3, 0.4) is 0 Å². The predicted octanol–water partition coefficient (Wildman–Crippen LogP) is 9.66. The van der Waals surface area contributed by atoms with Crippen molar-refractivity contribution in [3.63, 3.8) is 0 Å². The Morgan fingerprint density at radius 2 is 1.15 bits per heavy atom. The van der Waals surface area contributed by atoms with Crippen molar-refractivity contribution in [2.45, 2.75) is 19.8 Å². The maximum atomic E-state index is 12.2. The third-order valence-corrected chi connectivity index (χ3v) is 8.70. The van der Waals surface area contributed by atoms with Crippen LogP contribution in [-0.2, 0) is 29.4 Å². The van der Waals surface area contributed by atoms with Crippen LogP contribution in [0.5, 0.6) is 40.2 Å². The molecule has 0 aromatic heterocycles. The Bertz CT molecular complexity index is 2140. The molecule has 6 aromatic rings. The standard InChI is InChI=1S/C43H35ClO9/c1-46-27-51-40-38(32-17-19-33(20-18-32)47-23-29-11-5-2-6-12-29)41-43(53-28-52-41)39(42(40)50-26-45)34-21-36(48-24-30-13-7-3-8-14-30)37(22-35(34)44)49-25-31-15-9-4-10-16-31/h2-22,26H,23-25,27-28H2,1H3. The van der Waals surface area contributed by atoms with E-state index in [0.29, 0.717) is 64.1 Å². The van der Waals surface area contributed by atoms with Crippen molar-refractivity contribution in [2.75, 3.05) is 20.7 Å². The van der Waals surface area contributed by atoms with E-state index in [9.17, 15) is 4.79 Å². The first kappa shape index (κ1) is 35.3. The Morgan fingerprint density at radius 3 is 1.70 bits per heavy atom. The van der Waals surface area contributed by atoms with Gasteiger partial charge in [-0.3, -0.25) is 4.79 Å².